The van der Waals surface area contributed by atoms with Crippen LogP contribution in [0.3, 0.4) is 0 Å². The van der Waals surface area contributed by atoms with Crippen molar-refractivity contribution in [1.29, 1.82) is 0 Å². The normalized spacial score (nSPS) is 18.0. The zero-order valence-electron chi connectivity index (χ0n) is 18.6. The molecule has 2 fully saturated rings. The monoisotopic (exact) mass is 513 g/mol. The van der Waals surface area contributed by atoms with E-state index in [0.717, 1.165) is 28.9 Å². The van der Waals surface area contributed by atoms with Gasteiger partial charge >= 0.3 is 5.97 Å². The van der Waals surface area contributed by atoms with Crippen molar-refractivity contribution in [1.82, 2.24) is 14.9 Å². The van der Waals surface area contributed by atoms with E-state index in [1.165, 1.54) is 23.0 Å². The number of hydrogen-bond acceptors (Lipinski definition) is 5. The van der Waals surface area contributed by atoms with E-state index >= 15 is 0 Å². The summed E-state index contributed by atoms with van der Waals surface area (Å²) >= 11 is 1.37. The fourth-order valence-electron chi connectivity index (χ4n) is 4.77. The average Bonchev–Trinajstić information content (AvgIpc) is 3.51. The molecule has 1 aliphatic heterocycles. The topological polar surface area (TPSA) is 66.3 Å². The van der Waals surface area contributed by atoms with E-state index in [-0.39, 0.29) is 30.9 Å². The lowest BCUT2D eigenvalue weighted by atomic mass is 9.92. The number of benzene rings is 2. The molecule has 0 unspecified atom stereocenters. The van der Waals surface area contributed by atoms with E-state index in [1.54, 1.807) is 17.0 Å². The number of rotatable bonds is 6. The predicted octanol–water partition coefficient (Wildman–Crippen LogP) is 5.61. The van der Waals surface area contributed by atoms with Gasteiger partial charge in [0.15, 0.2) is 0 Å². The minimum absolute atomic E-state index is 0. The van der Waals surface area contributed by atoms with Crippen LogP contribution in [-0.2, 0) is 16.8 Å². The summed E-state index contributed by atoms with van der Waals surface area (Å²) in [5.74, 6) is -1.86. The molecule has 0 amide bonds. The first-order valence-corrected chi connectivity index (χ1v) is 12.0. The minimum atomic E-state index is -2.20. The molecule has 1 saturated heterocycles. The maximum absolute atomic E-state index is 15.0. The van der Waals surface area contributed by atoms with Gasteiger partial charge in [-0.1, -0.05) is 47.7 Å². The molecule has 9 heteroatoms. The number of aromatic nitrogens is 2. The summed E-state index contributed by atoms with van der Waals surface area (Å²) in [6, 6.07) is 19.2. The maximum Gasteiger partial charge on any atom is 0.344 e. The highest BCUT2D eigenvalue weighted by Gasteiger charge is 2.50. The van der Waals surface area contributed by atoms with Gasteiger partial charge in [0.25, 0.3) is 0 Å². The Balaban J connectivity index is 0.00000253. The van der Waals surface area contributed by atoms with Crippen LogP contribution in [0.5, 0.6) is 0 Å². The molecule has 1 saturated carbocycles. The van der Waals surface area contributed by atoms with Gasteiger partial charge in [-0.25, -0.2) is 23.5 Å². The molecule has 1 N–H and O–H groups in total. The number of thiazole rings is 1. The van der Waals surface area contributed by atoms with Crippen molar-refractivity contribution in [3.63, 3.8) is 0 Å². The molecule has 5 nitrogen and oxygen atoms in total. The highest BCUT2D eigenvalue weighted by atomic mass is 35.5. The average molecular weight is 514 g/mol. The molecule has 4 aromatic rings. The molecule has 0 spiro atoms. The first-order valence-electron chi connectivity index (χ1n) is 11.1. The third-order valence-electron chi connectivity index (χ3n) is 6.82. The first-order chi connectivity index (χ1) is 16.4. The summed E-state index contributed by atoms with van der Waals surface area (Å²) in [5.41, 5.74) is 1.84. The Labute approximate surface area is 210 Å². The molecule has 6 rings (SSSR count). The summed E-state index contributed by atoms with van der Waals surface area (Å²) in [6.07, 6.45) is 2.12. The van der Waals surface area contributed by atoms with Gasteiger partial charge in [0.1, 0.15) is 21.2 Å². The third-order valence-corrected chi connectivity index (χ3v) is 7.82. The second-order valence-corrected chi connectivity index (χ2v) is 10.2. The van der Waals surface area contributed by atoms with Crippen LogP contribution in [-0.4, -0.2) is 44.7 Å². The molecule has 0 radical (unpaired) electrons. The fraction of sp³-hybridized carbons (Fsp3) is 0.269. The van der Waals surface area contributed by atoms with Crippen molar-refractivity contribution in [2.45, 2.75) is 30.5 Å². The van der Waals surface area contributed by atoms with Crippen LogP contribution in [0.15, 0.2) is 60.7 Å². The molecule has 180 valence electrons. The molecule has 2 aliphatic rings. The van der Waals surface area contributed by atoms with Gasteiger partial charge in [-0.3, -0.25) is 4.90 Å². The number of fused-ring (bicyclic) bond motifs is 1. The Morgan fingerprint density at radius 3 is 2.46 bits per heavy atom. The van der Waals surface area contributed by atoms with Crippen LogP contribution in [0.25, 0.3) is 20.9 Å². The number of carbonyl (C=O) groups is 1. The largest absolute Gasteiger partial charge is 0.479 e. The number of pyridine rings is 1. The van der Waals surface area contributed by atoms with Crippen LogP contribution >= 0.6 is 23.7 Å². The quantitative estimate of drug-likeness (QED) is 0.363. The highest BCUT2D eigenvalue weighted by Crippen LogP contribution is 2.53. The van der Waals surface area contributed by atoms with Gasteiger partial charge in [-0.05, 0) is 48.2 Å². The lowest BCUT2D eigenvalue weighted by Gasteiger charge is -2.41. The van der Waals surface area contributed by atoms with Crippen LogP contribution in [0, 0.1) is 5.82 Å². The van der Waals surface area contributed by atoms with Crippen molar-refractivity contribution in [2.75, 3.05) is 13.1 Å². The van der Waals surface area contributed by atoms with Gasteiger partial charge in [-0.15, -0.1) is 12.4 Å². The molecule has 0 bridgehead atoms. The summed E-state index contributed by atoms with van der Waals surface area (Å²) in [5, 5.41) is 9.45. The van der Waals surface area contributed by atoms with Gasteiger partial charge in [0.2, 0.25) is 5.67 Å². The zero-order valence-corrected chi connectivity index (χ0v) is 20.2. The molecule has 0 atom stereocenters. The lowest BCUT2D eigenvalue weighted by molar-refractivity contribution is -0.164. The van der Waals surface area contributed by atoms with Crippen molar-refractivity contribution in [3.05, 3.63) is 83.3 Å². The predicted molar refractivity (Wildman–Crippen MR) is 133 cm³/mol. The zero-order chi connectivity index (χ0) is 23.5. The maximum atomic E-state index is 15.0. The number of aliphatic carboxylic acids is 1. The van der Waals surface area contributed by atoms with E-state index < -0.39 is 17.5 Å². The smallest absolute Gasteiger partial charge is 0.344 e. The number of carboxylic acid groups (broad SMARTS) is 1. The van der Waals surface area contributed by atoms with Crippen LogP contribution in [0.1, 0.15) is 29.7 Å². The molecule has 1 aliphatic carbocycles. The van der Waals surface area contributed by atoms with Gasteiger partial charge in [-0.2, -0.15) is 0 Å². The number of carboxylic acids is 1. The molecular formula is C26H22ClF2N3O2S. The number of hydrogen-bond donors (Lipinski definition) is 1. The van der Waals surface area contributed by atoms with E-state index in [9.17, 15) is 13.6 Å². The van der Waals surface area contributed by atoms with Crippen LogP contribution in [0.2, 0.25) is 0 Å². The minimum Gasteiger partial charge on any atom is -0.479 e. The van der Waals surface area contributed by atoms with Crippen molar-refractivity contribution >= 4 is 40.1 Å². The van der Waals surface area contributed by atoms with Crippen LogP contribution < -0.4 is 0 Å². The van der Waals surface area contributed by atoms with Crippen molar-refractivity contribution < 1.29 is 18.7 Å². The molecule has 3 heterocycles. The van der Waals surface area contributed by atoms with Crippen molar-refractivity contribution in [3.8, 4) is 10.6 Å². The Bertz CT molecular complexity index is 1420. The Hall–Kier alpha value is -2.94. The fourth-order valence-corrected chi connectivity index (χ4v) is 5.74. The first kappa shape index (κ1) is 23.8. The summed E-state index contributed by atoms with van der Waals surface area (Å²) in [6.45, 7) is -0.0907. The van der Waals surface area contributed by atoms with E-state index in [1.807, 2.05) is 30.3 Å². The van der Waals surface area contributed by atoms with Gasteiger partial charge < -0.3 is 5.11 Å². The second kappa shape index (κ2) is 8.62. The molecule has 35 heavy (non-hydrogen) atoms. The summed E-state index contributed by atoms with van der Waals surface area (Å²) in [4.78, 5) is 22.9. The Morgan fingerprint density at radius 1 is 1.06 bits per heavy atom. The number of likely N-dealkylation sites (tertiary alicyclic amines) is 1. The Kier molecular flexibility index (Phi) is 5.86. The van der Waals surface area contributed by atoms with E-state index in [2.05, 4.69) is 17.1 Å². The third kappa shape index (κ3) is 4.09. The molecular weight excluding hydrogens is 492 g/mol. The highest BCUT2D eigenvalue weighted by molar-refractivity contribution is 7.21. The molecule has 2 aromatic heterocycles. The SMILES string of the molecule is Cl.O=C(O)C1(F)CN(Cc2ccc(-c3nc4ccc(C5(c6ccccc6)CC5)nc4s3)c(F)c2)C1. The van der Waals surface area contributed by atoms with Crippen molar-refractivity contribution in [2.24, 2.45) is 0 Å². The van der Waals surface area contributed by atoms with Crippen LogP contribution in [0.4, 0.5) is 8.78 Å². The molecule has 2 aromatic carbocycles. The number of alkyl halides is 1. The van der Waals surface area contributed by atoms with E-state index in [0.29, 0.717) is 22.7 Å². The van der Waals surface area contributed by atoms with Gasteiger partial charge in [0, 0.05) is 30.6 Å². The second-order valence-electron chi connectivity index (χ2n) is 9.22. The lowest BCUT2D eigenvalue weighted by Crippen LogP contribution is -2.62. The van der Waals surface area contributed by atoms with E-state index in [4.69, 9.17) is 10.1 Å². The standard InChI is InChI=1S/C26H21F2N3O2S.ClH/c27-19-12-16(13-31-14-26(28,15-31)24(32)33)6-7-18(19)22-29-20-8-9-21(30-23(20)34-22)25(10-11-25)17-4-2-1-3-5-17;/h1-9,12H,10-11,13-15H2,(H,32,33);1H. The van der Waals surface area contributed by atoms with Gasteiger partial charge in [0.05, 0.1) is 5.69 Å². The number of nitrogens with zero attached hydrogens (tertiary/aromatic N) is 3. The Morgan fingerprint density at radius 2 is 1.80 bits per heavy atom. The summed E-state index contributed by atoms with van der Waals surface area (Å²) in [7, 11) is 0. The number of halogens is 3. The summed E-state index contributed by atoms with van der Waals surface area (Å²) < 4.78 is 28.9.